The zero-order valence-electron chi connectivity index (χ0n) is 19.5. The van der Waals surface area contributed by atoms with Crippen LogP contribution in [-0.2, 0) is 11.3 Å². The first-order valence-electron chi connectivity index (χ1n) is 11.8. The number of benzene rings is 3. The molecule has 1 aliphatic carbocycles. The summed E-state index contributed by atoms with van der Waals surface area (Å²) in [6, 6.07) is 19.6. The molecular weight excluding hydrogens is 460 g/mol. The van der Waals surface area contributed by atoms with E-state index in [1.807, 2.05) is 18.2 Å². The molecule has 0 unspecified atom stereocenters. The number of para-hydroxylation sites is 1. The van der Waals surface area contributed by atoms with Crippen molar-refractivity contribution >= 4 is 29.1 Å². The Morgan fingerprint density at radius 1 is 0.861 bits per heavy atom. The Morgan fingerprint density at radius 3 is 2.56 bits per heavy atom. The van der Waals surface area contributed by atoms with E-state index in [9.17, 15) is 14.4 Å². The topological polar surface area (TPSA) is 118 Å². The number of amides is 3. The number of anilines is 2. The predicted molar refractivity (Wildman–Crippen MR) is 134 cm³/mol. The molecule has 1 fully saturated rings. The third-order valence-corrected chi connectivity index (χ3v) is 5.82. The molecular formula is C27H26N4O5. The molecule has 9 heteroatoms. The van der Waals surface area contributed by atoms with Crippen molar-refractivity contribution in [2.75, 3.05) is 24.0 Å². The second-order valence-corrected chi connectivity index (χ2v) is 8.65. The van der Waals surface area contributed by atoms with E-state index >= 15 is 0 Å². The molecule has 2 aliphatic rings. The Balaban J connectivity index is 1.15. The third-order valence-electron chi connectivity index (χ3n) is 5.82. The van der Waals surface area contributed by atoms with Crippen molar-refractivity contribution in [3.05, 3.63) is 83.4 Å². The molecule has 9 nitrogen and oxygen atoms in total. The minimum atomic E-state index is -0.301. The standard InChI is InChI=1S/C27H26N4O5/c32-25(30-20-5-3-4-18(13-20)26(33)31-19-9-10-19)15-28-22-7-2-1-6-21(22)27(34)29-14-17-8-11-23-24(12-17)36-16-35-23/h1-8,11-13,19,28H,9-10,14-16H2,(H,29,34)(H,30,32)(H,31,33). The second kappa shape index (κ2) is 10.4. The molecule has 4 N–H and O–H groups in total. The molecule has 0 aromatic heterocycles. The molecule has 3 aromatic rings. The van der Waals surface area contributed by atoms with Gasteiger partial charge in [0.15, 0.2) is 11.5 Å². The summed E-state index contributed by atoms with van der Waals surface area (Å²) >= 11 is 0. The van der Waals surface area contributed by atoms with Gasteiger partial charge in [-0.3, -0.25) is 14.4 Å². The van der Waals surface area contributed by atoms with Crippen LogP contribution in [0.1, 0.15) is 39.1 Å². The maximum Gasteiger partial charge on any atom is 0.253 e. The van der Waals surface area contributed by atoms with E-state index in [2.05, 4.69) is 21.3 Å². The van der Waals surface area contributed by atoms with Crippen molar-refractivity contribution < 1.29 is 23.9 Å². The Bertz CT molecular complexity index is 1300. The summed E-state index contributed by atoms with van der Waals surface area (Å²) in [7, 11) is 0. The average molecular weight is 487 g/mol. The largest absolute Gasteiger partial charge is 0.454 e. The summed E-state index contributed by atoms with van der Waals surface area (Å²) in [6.07, 6.45) is 2.01. The van der Waals surface area contributed by atoms with Crippen LogP contribution in [0.3, 0.4) is 0 Å². The molecule has 36 heavy (non-hydrogen) atoms. The summed E-state index contributed by atoms with van der Waals surface area (Å²) < 4.78 is 10.7. The number of hydrogen-bond donors (Lipinski definition) is 4. The Hall–Kier alpha value is -4.53. The molecule has 0 bridgehead atoms. The van der Waals surface area contributed by atoms with Gasteiger partial charge in [0, 0.05) is 29.5 Å². The Kier molecular flexibility index (Phi) is 6.70. The Morgan fingerprint density at radius 2 is 1.69 bits per heavy atom. The zero-order chi connectivity index (χ0) is 24.9. The van der Waals surface area contributed by atoms with Crippen molar-refractivity contribution in [3.8, 4) is 11.5 Å². The number of nitrogens with one attached hydrogen (secondary N) is 4. The van der Waals surface area contributed by atoms with Crippen molar-refractivity contribution in [1.29, 1.82) is 0 Å². The molecule has 184 valence electrons. The lowest BCUT2D eigenvalue weighted by Gasteiger charge is -2.13. The highest BCUT2D eigenvalue weighted by atomic mass is 16.7. The van der Waals surface area contributed by atoms with Crippen molar-refractivity contribution in [2.45, 2.75) is 25.4 Å². The van der Waals surface area contributed by atoms with Crippen LogP contribution in [0.15, 0.2) is 66.7 Å². The number of ether oxygens (including phenoxy) is 2. The SMILES string of the molecule is O=C(CNc1ccccc1C(=O)NCc1ccc2c(c1)OCO2)Nc1cccc(C(=O)NC2CC2)c1. The van der Waals surface area contributed by atoms with Gasteiger partial charge in [-0.05, 0) is 60.9 Å². The van der Waals surface area contributed by atoms with Crippen molar-refractivity contribution in [3.63, 3.8) is 0 Å². The maximum atomic E-state index is 12.8. The summed E-state index contributed by atoms with van der Waals surface area (Å²) in [4.78, 5) is 37.6. The van der Waals surface area contributed by atoms with E-state index in [4.69, 9.17) is 9.47 Å². The molecule has 0 radical (unpaired) electrons. The molecule has 0 saturated heterocycles. The van der Waals surface area contributed by atoms with E-state index in [0.717, 1.165) is 18.4 Å². The molecule has 1 aliphatic heterocycles. The predicted octanol–water partition coefficient (Wildman–Crippen LogP) is 3.29. The number of fused-ring (bicyclic) bond motifs is 1. The fourth-order valence-electron chi connectivity index (χ4n) is 3.78. The minimum absolute atomic E-state index is 0.0506. The van der Waals surface area contributed by atoms with Gasteiger partial charge < -0.3 is 30.7 Å². The lowest BCUT2D eigenvalue weighted by atomic mass is 10.1. The van der Waals surface area contributed by atoms with Crippen LogP contribution in [0, 0.1) is 0 Å². The van der Waals surface area contributed by atoms with Gasteiger partial charge in [-0.1, -0.05) is 24.3 Å². The summed E-state index contributed by atoms with van der Waals surface area (Å²) in [5.41, 5.74) is 2.86. The quantitative estimate of drug-likeness (QED) is 0.369. The summed E-state index contributed by atoms with van der Waals surface area (Å²) in [6.45, 7) is 0.457. The molecule has 1 heterocycles. The van der Waals surface area contributed by atoms with E-state index in [0.29, 0.717) is 40.5 Å². The van der Waals surface area contributed by atoms with Gasteiger partial charge in [0.05, 0.1) is 12.1 Å². The average Bonchev–Trinajstić information content (AvgIpc) is 3.59. The number of carbonyl (C=O) groups excluding carboxylic acids is 3. The van der Waals surface area contributed by atoms with Gasteiger partial charge in [0.1, 0.15) is 0 Å². The first-order valence-corrected chi connectivity index (χ1v) is 11.8. The molecule has 3 aromatic carbocycles. The van der Waals surface area contributed by atoms with E-state index in [1.54, 1.807) is 48.5 Å². The van der Waals surface area contributed by atoms with Crippen LogP contribution in [0.4, 0.5) is 11.4 Å². The van der Waals surface area contributed by atoms with E-state index in [1.165, 1.54) is 0 Å². The summed E-state index contributed by atoms with van der Waals surface area (Å²) in [5, 5.41) is 11.6. The van der Waals surface area contributed by atoms with Crippen LogP contribution in [0.5, 0.6) is 11.5 Å². The normalized spacial score (nSPS) is 13.6. The van der Waals surface area contributed by atoms with E-state index in [-0.39, 0.29) is 37.1 Å². The first kappa shape index (κ1) is 23.2. The van der Waals surface area contributed by atoms with Crippen LogP contribution >= 0.6 is 0 Å². The van der Waals surface area contributed by atoms with Gasteiger partial charge in [-0.25, -0.2) is 0 Å². The smallest absolute Gasteiger partial charge is 0.253 e. The Labute approximate surface area is 208 Å². The molecule has 0 atom stereocenters. The zero-order valence-corrected chi connectivity index (χ0v) is 19.5. The van der Waals surface area contributed by atoms with Gasteiger partial charge in [0.2, 0.25) is 12.7 Å². The van der Waals surface area contributed by atoms with Crippen LogP contribution in [0.25, 0.3) is 0 Å². The van der Waals surface area contributed by atoms with Crippen molar-refractivity contribution in [1.82, 2.24) is 10.6 Å². The lowest BCUT2D eigenvalue weighted by molar-refractivity contribution is -0.114. The van der Waals surface area contributed by atoms with Crippen LogP contribution in [-0.4, -0.2) is 37.1 Å². The first-order chi connectivity index (χ1) is 17.5. The number of rotatable bonds is 9. The van der Waals surface area contributed by atoms with Crippen LogP contribution in [0.2, 0.25) is 0 Å². The van der Waals surface area contributed by atoms with E-state index < -0.39 is 0 Å². The number of hydrogen-bond acceptors (Lipinski definition) is 6. The van der Waals surface area contributed by atoms with Crippen molar-refractivity contribution in [2.24, 2.45) is 0 Å². The highest BCUT2D eigenvalue weighted by Crippen LogP contribution is 2.32. The van der Waals surface area contributed by atoms with Gasteiger partial charge >= 0.3 is 0 Å². The maximum absolute atomic E-state index is 12.8. The number of carbonyl (C=O) groups is 3. The lowest BCUT2D eigenvalue weighted by Crippen LogP contribution is -2.27. The summed E-state index contributed by atoms with van der Waals surface area (Å²) in [5.74, 6) is 0.623. The molecule has 0 spiro atoms. The van der Waals surface area contributed by atoms with Gasteiger partial charge in [-0.2, -0.15) is 0 Å². The highest BCUT2D eigenvalue weighted by Gasteiger charge is 2.24. The monoisotopic (exact) mass is 486 g/mol. The minimum Gasteiger partial charge on any atom is -0.454 e. The highest BCUT2D eigenvalue weighted by molar-refractivity contribution is 6.01. The van der Waals surface area contributed by atoms with Crippen LogP contribution < -0.4 is 30.7 Å². The van der Waals surface area contributed by atoms with Gasteiger partial charge in [-0.15, -0.1) is 0 Å². The fourth-order valence-corrected chi connectivity index (χ4v) is 3.78. The molecule has 3 amide bonds. The second-order valence-electron chi connectivity index (χ2n) is 8.65. The molecule has 5 rings (SSSR count). The third kappa shape index (κ3) is 5.75. The van der Waals surface area contributed by atoms with Gasteiger partial charge in [0.25, 0.3) is 11.8 Å². The molecule has 1 saturated carbocycles. The fraction of sp³-hybridized carbons (Fsp3) is 0.222.